The van der Waals surface area contributed by atoms with Gasteiger partial charge in [0.15, 0.2) is 5.82 Å². The van der Waals surface area contributed by atoms with Crippen LogP contribution in [-0.4, -0.2) is 30.2 Å². The molecule has 2 heterocycles. The van der Waals surface area contributed by atoms with Crippen LogP contribution in [0, 0.1) is 0 Å². The van der Waals surface area contributed by atoms with Crippen molar-refractivity contribution in [3.05, 3.63) is 16.0 Å². The first-order valence-corrected chi connectivity index (χ1v) is 6.83. The van der Waals surface area contributed by atoms with Gasteiger partial charge in [-0.3, -0.25) is 0 Å². The smallest absolute Gasteiger partial charge is 0.159 e. The Morgan fingerprint density at radius 2 is 2.22 bits per heavy atom. The van der Waals surface area contributed by atoms with Crippen molar-refractivity contribution in [3.63, 3.8) is 0 Å². The zero-order chi connectivity index (χ0) is 13.1. The van der Waals surface area contributed by atoms with E-state index >= 15 is 0 Å². The molecule has 0 saturated carbocycles. The summed E-state index contributed by atoms with van der Waals surface area (Å²) >= 11 is 3.49. The number of nitrogens with zero attached hydrogens (tertiary/aromatic N) is 2. The van der Waals surface area contributed by atoms with E-state index < -0.39 is 0 Å². The first-order valence-electron chi connectivity index (χ1n) is 6.04. The third kappa shape index (κ3) is 2.81. The average Bonchev–Trinajstić information content (AvgIpc) is 2.79. The molecule has 1 aliphatic rings. The Bertz CT molecular complexity index is 428. The molecule has 0 aliphatic carbocycles. The van der Waals surface area contributed by atoms with E-state index in [1.807, 2.05) is 7.05 Å². The van der Waals surface area contributed by atoms with Crippen LogP contribution < -0.4 is 5.32 Å². The van der Waals surface area contributed by atoms with Crippen LogP contribution in [0.15, 0.2) is 4.47 Å². The summed E-state index contributed by atoms with van der Waals surface area (Å²) in [5, 5.41) is 3.06. The van der Waals surface area contributed by atoms with Crippen molar-refractivity contribution >= 4 is 21.7 Å². The van der Waals surface area contributed by atoms with Crippen LogP contribution in [0.5, 0.6) is 0 Å². The van der Waals surface area contributed by atoms with Crippen LogP contribution in [0.25, 0.3) is 0 Å². The number of aromatic nitrogens is 2. The predicted molar refractivity (Wildman–Crippen MR) is 72.5 cm³/mol. The second-order valence-corrected chi connectivity index (χ2v) is 5.18. The molecule has 1 aromatic rings. The Labute approximate surface area is 115 Å². The largest absolute Gasteiger partial charge is 0.378 e. The van der Waals surface area contributed by atoms with Crippen molar-refractivity contribution in [2.24, 2.45) is 0 Å². The minimum atomic E-state index is -0.00388. The van der Waals surface area contributed by atoms with Crippen molar-refractivity contribution < 1.29 is 9.47 Å². The summed E-state index contributed by atoms with van der Waals surface area (Å²) in [5.41, 5.74) is 0.843. The lowest BCUT2D eigenvalue weighted by atomic mass is 10.2. The SMILES string of the molecule is CNc1nc(C2CCC(C)O2)nc(COC)c1Br. The number of hydrogen-bond donors (Lipinski definition) is 1. The highest BCUT2D eigenvalue weighted by Crippen LogP contribution is 2.33. The van der Waals surface area contributed by atoms with Crippen LogP contribution >= 0.6 is 15.9 Å². The molecule has 1 saturated heterocycles. The van der Waals surface area contributed by atoms with E-state index in [0.717, 1.165) is 34.7 Å². The fourth-order valence-corrected chi connectivity index (χ4v) is 2.54. The molecule has 0 amide bonds. The molecule has 1 fully saturated rings. The number of rotatable bonds is 4. The quantitative estimate of drug-likeness (QED) is 0.925. The van der Waals surface area contributed by atoms with E-state index in [4.69, 9.17) is 9.47 Å². The monoisotopic (exact) mass is 315 g/mol. The third-order valence-corrected chi connectivity index (χ3v) is 3.81. The van der Waals surface area contributed by atoms with Crippen molar-refractivity contribution in [2.75, 3.05) is 19.5 Å². The van der Waals surface area contributed by atoms with E-state index in [2.05, 4.69) is 38.1 Å². The van der Waals surface area contributed by atoms with Gasteiger partial charge in [0.05, 0.1) is 22.9 Å². The molecule has 5 nitrogen and oxygen atoms in total. The lowest BCUT2D eigenvalue weighted by Crippen LogP contribution is -2.11. The maximum atomic E-state index is 5.81. The van der Waals surface area contributed by atoms with E-state index in [1.54, 1.807) is 7.11 Å². The maximum Gasteiger partial charge on any atom is 0.159 e. The lowest BCUT2D eigenvalue weighted by Gasteiger charge is -2.14. The predicted octanol–water partition coefficient (Wildman–Crippen LogP) is 2.67. The summed E-state index contributed by atoms with van der Waals surface area (Å²) in [6.07, 6.45) is 2.30. The highest BCUT2D eigenvalue weighted by molar-refractivity contribution is 9.10. The second-order valence-electron chi connectivity index (χ2n) is 4.39. The Kier molecular flexibility index (Phi) is 4.53. The number of methoxy groups -OCH3 is 1. The van der Waals surface area contributed by atoms with Gasteiger partial charge in [0.25, 0.3) is 0 Å². The van der Waals surface area contributed by atoms with Crippen LogP contribution in [0.1, 0.15) is 37.4 Å². The van der Waals surface area contributed by atoms with E-state index in [-0.39, 0.29) is 12.2 Å². The minimum Gasteiger partial charge on any atom is -0.378 e. The molecule has 1 aliphatic heterocycles. The molecular weight excluding hydrogens is 298 g/mol. The molecular formula is C12H18BrN3O2. The molecule has 1 aromatic heterocycles. The molecule has 2 rings (SSSR count). The topological polar surface area (TPSA) is 56.3 Å². The van der Waals surface area contributed by atoms with Gasteiger partial charge in [-0.15, -0.1) is 0 Å². The summed E-state index contributed by atoms with van der Waals surface area (Å²) in [5.74, 6) is 1.51. The number of hydrogen-bond acceptors (Lipinski definition) is 5. The van der Waals surface area contributed by atoms with Gasteiger partial charge in [-0.05, 0) is 35.7 Å². The second kappa shape index (κ2) is 5.95. The first kappa shape index (κ1) is 13.7. The maximum absolute atomic E-state index is 5.81. The molecule has 18 heavy (non-hydrogen) atoms. The van der Waals surface area contributed by atoms with Crippen LogP contribution in [0.2, 0.25) is 0 Å². The number of halogens is 1. The summed E-state index contributed by atoms with van der Waals surface area (Å²) in [6, 6.07) is 0. The molecule has 2 atom stereocenters. The summed E-state index contributed by atoms with van der Waals surface area (Å²) in [4.78, 5) is 9.04. The highest BCUT2D eigenvalue weighted by atomic mass is 79.9. The van der Waals surface area contributed by atoms with E-state index in [1.165, 1.54) is 0 Å². The molecule has 2 unspecified atom stereocenters. The summed E-state index contributed by atoms with van der Waals surface area (Å²) < 4.78 is 11.8. The van der Waals surface area contributed by atoms with Crippen molar-refractivity contribution in [3.8, 4) is 0 Å². The number of ether oxygens (including phenoxy) is 2. The van der Waals surface area contributed by atoms with Crippen LogP contribution in [-0.2, 0) is 16.1 Å². The molecule has 6 heteroatoms. The minimum absolute atomic E-state index is 0.00388. The van der Waals surface area contributed by atoms with Gasteiger partial charge in [-0.1, -0.05) is 0 Å². The van der Waals surface area contributed by atoms with Gasteiger partial charge < -0.3 is 14.8 Å². The van der Waals surface area contributed by atoms with Crippen LogP contribution in [0.4, 0.5) is 5.82 Å². The number of anilines is 1. The summed E-state index contributed by atoms with van der Waals surface area (Å²) in [7, 11) is 3.49. The molecule has 1 N–H and O–H groups in total. The van der Waals surface area contributed by atoms with E-state index in [0.29, 0.717) is 6.61 Å². The zero-order valence-corrected chi connectivity index (χ0v) is 12.5. The van der Waals surface area contributed by atoms with Gasteiger partial charge >= 0.3 is 0 Å². The van der Waals surface area contributed by atoms with Gasteiger partial charge in [0.2, 0.25) is 0 Å². The first-order chi connectivity index (χ1) is 8.65. The Morgan fingerprint density at radius 3 is 2.78 bits per heavy atom. The van der Waals surface area contributed by atoms with E-state index in [9.17, 15) is 0 Å². The fraction of sp³-hybridized carbons (Fsp3) is 0.667. The van der Waals surface area contributed by atoms with Gasteiger partial charge in [0, 0.05) is 14.2 Å². The van der Waals surface area contributed by atoms with Gasteiger partial charge in [-0.25, -0.2) is 9.97 Å². The number of nitrogens with one attached hydrogen (secondary N) is 1. The Morgan fingerprint density at radius 1 is 1.44 bits per heavy atom. The Balaban J connectivity index is 2.32. The fourth-order valence-electron chi connectivity index (χ4n) is 2.05. The van der Waals surface area contributed by atoms with Gasteiger partial charge in [-0.2, -0.15) is 0 Å². The molecule has 0 bridgehead atoms. The van der Waals surface area contributed by atoms with Crippen LogP contribution in [0.3, 0.4) is 0 Å². The average molecular weight is 316 g/mol. The lowest BCUT2D eigenvalue weighted by molar-refractivity contribution is 0.0499. The van der Waals surface area contributed by atoms with Crippen molar-refractivity contribution in [1.82, 2.24) is 9.97 Å². The molecule has 0 aromatic carbocycles. The van der Waals surface area contributed by atoms with Crippen molar-refractivity contribution in [1.29, 1.82) is 0 Å². The summed E-state index contributed by atoms with van der Waals surface area (Å²) in [6.45, 7) is 2.53. The molecule has 0 spiro atoms. The van der Waals surface area contributed by atoms with Gasteiger partial charge in [0.1, 0.15) is 11.9 Å². The zero-order valence-electron chi connectivity index (χ0n) is 10.9. The Hall–Kier alpha value is -0.720. The van der Waals surface area contributed by atoms with Crippen molar-refractivity contribution in [2.45, 2.75) is 38.6 Å². The molecule has 0 radical (unpaired) electrons. The third-order valence-electron chi connectivity index (χ3n) is 2.97. The normalized spacial score (nSPS) is 23.3. The highest BCUT2D eigenvalue weighted by Gasteiger charge is 2.27. The standard InChI is InChI=1S/C12H18BrN3O2/c1-7-4-5-9(18-7)11-15-8(6-17-3)10(13)12(14-2)16-11/h7,9H,4-6H2,1-3H3,(H,14,15,16). The molecule has 100 valence electrons.